The van der Waals surface area contributed by atoms with Crippen LogP contribution in [0.25, 0.3) is 28.0 Å². The maximum Gasteiger partial charge on any atom is 0.407 e. The number of benzene rings is 3. The zero-order valence-corrected chi connectivity index (χ0v) is 29.9. The van der Waals surface area contributed by atoms with Crippen LogP contribution in [-0.4, -0.2) is 82.3 Å². The number of hydrogen-bond acceptors (Lipinski definition) is 7. The van der Waals surface area contributed by atoms with E-state index in [9.17, 15) is 14.4 Å². The fourth-order valence-corrected chi connectivity index (χ4v) is 8.12. The summed E-state index contributed by atoms with van der Waals surface area (Å²) >= 11 is 0. The molecule has 4 aromatic rings. The van der Waals surface area contributed by atoms with Crippen LogP contribution in [-0.2, 0) is 19.1 Å². The standard InChI is InChI=1S/C42H44N6O5/c1-52-42(51)46-38(31-8-3-2-4-9-31)41(50)47-21-5-10-35(47)33-24-32(25-43-33)29-15-13-27(14-16-29)28-17-19-30(20-18-28)34-26-44-39(45-34)36-11-6-22-48(36)40(49)37-12-7-23-53-37/h2-4,8-9,13-20,25-26,35-38H,5-7,10-12,21-24H2,1H3,(H,44,45)(H,46,51)/t35?,36-,37+,38+/m0/s1. The summed E-state index contributed by atoms with van der Waals surface area (Å²) in [6, 6.07) is 25.2. The molecule has 4 atom stereocenters. The van der Waals surface area contributed by atoms with Crippen molar-refractivity contribution in [2.75, 3.05) is 26.8 Å². The van der Waals surface area contributed by atoms with Gasteiger partial charge in [0.15, 0.2) is 0 Å². The van der Waals surface area contributed by atoms with Crippen LogP contribution in [0.4, 0.5) is 4.79 Å². The molecule has 4 aliphatic rings. The van der Waals surface area contributed by atoms with E-state index in [1.807, 2.05) is 52.5 Å². The first kappa shape index (κ1) is 34.5. The number of imidazole rings is 1. The molecule has 5 heterocycles. The van der Waals surface area contributed by atoms with Gasteiger partial charge in [0.1, 0.15) is 18.0 Å². The third kappa shape index (κ3) is 7.13. The van der Waals surface area contributed by atoms with Crippen molar-refractivity contribution in [3.63, 3.8) is 0 Å². The van der Waals surface area contributed by atoms with Gasteiger partial charge >= 0.3 is 6.09 Å². The molecule has 272 valence electrons. The van der Waals surface area contributed by atoms with Crippen molar-refractivity contribution in [2.24, 2.45) is 4.99 Å². The molecule has 0 aliphatic carbocycles. The minimum absolute atomic E-state index is 0.0448. The van der Waals surface area contributed by atoms with Crippen molar-refractivity contribution < 1.29 is 23.9 Å². The maximum absolute atomic E-state index is 13.9. The van der Waals surface area contributed by atoms with Gasteiger partial charge in [-0.05, 0) is 71.9 Å². The topological polar surface area (TPSA) is 129 Å². The fourth-order valence-electron chi connectivity index (χ4n) is 8.12. The van der Waals surface area contributed by atoms with Gasteiger partial charge in [0.25, 0.3) is 5.91 Å². The summed E-state index contributed by atoms with van der Waals surface area (Å²) < 4.78 is 10.5. The number of H-pyrrole nitrogens is 1. The van der Waals surface area contributed by atoms with E-state index in [1.54, 1.807) is 0 Å². The van der Waals surface area contributed by atoms with Crippen molar-refractivity contribution in [1.29, 1.82) is 0 Å². The number of aromatic amines is 1. The number of aliphatic imine (C=N–C) groups is 1. The Kier molecular flexibility index (Phi) is 9.90. The number of aromatic nitrogens is 2. The number of methoxy groups -OCH3 is 1. The third-order valence-corrected chi connectivity index (χ3v) is 10.9. The van der Waals surface area contributed by atoms with Gasteiger partial charge in [-0.2, -0.15) is 0 Å². The van der Waals surface area contributed by atoms with E-state index in [-0.39, 0.29) is 30.0 Å². The van der Waals surface area contributed by atoms with Gasteiger partial charge in [0, 0.05) is 38.0 Å². The molecule has 8 rings (SSSR count). The molecule has 2 N–H and O–H groups in total. The normalized spacial score (nSPS) is 21.7. The number of likely N-dealkylation sites (tertiary alicyclic amines) is 2. The first-order valence-corrected chi connectivity index (χ1v) is 18.6. The van der Waals surface area contributed by atoms with Crippen LogP contribution in [0.3, 0.4) is 0 Å². The van der Waals surface area contributed by atoms with Gasteiger partial charge in [-0.1, -0.05) is 78.9 Å². The lowest BCUT2D eigenvalue weighted by Gasteiger charge is -2.29. The third-order valence-electron chi connectivity index (χ3n) is 10.9. The van der Waals surface area contributed by atoms with Gasteiger partial charge in [-0.25, -0.2) is 9.78 Å². The second-order valence-electron chi connectivity index (χ2n) is 14.1. The monoisotopic (exact) mass is 712 g/mol. The molecular weight excluding hydrogens is 668 g/mol. The summed E-state index contributed by atoms with van der Waals surface area (Å²) in [4.78, 5) is 56.0. The van der Waals surface area contributed by atoms with Gasteiger partial charge < -0.3 is 29.6 Å². The summed E-state index contributed by atoms with van der Waals surface area (Å²) in [5, 5.41) is 2.73. The molecule has 3 aromatic carbocycles. The minimum Gasteiger partial charge on any atom is -0.453 e. The van der Waals surface area contributed by atoms with Gasteiger partial charge in [0.2, 0.25) is 5.91 Å². The van der Waals surface area contributed by atoms with Crippen molar-refractivity contribution >= 4 is 29.2 Å². The van der Waals surface area contributed by atoms with Crippen molar-refractivity contribution in [2.45, 2.75) is 69.2 Å². The summed E-state index contributed by atoms with van der Waals surface area (Å²) in [5.41, 5.74) is 8.07. The van der Waals surface area contributed by atoms with Crippen molar-refractivity contribution in [3.05, 3.63) is 108 Å². The zero-order valence-electron chi connectivity index (χ0n) is 29.9. The molecule has 0 bridgehead atoms. The Morgan fingerprint density at radius 2 is 1.51 bits per heavy atom. The summed E-state index contributed by atoms with van der Waals surface area (Å²) in [5.74, 6) is 0.758. The van der Waals surface area contributed by atoms with Crippen molar-refractivity contribution in [3.8, 4) is 22.4 Å². The van der Waals surface area contributed by atoms with E-state index in [0.29, 0.717) is 25.1 Å². The zero-order chi connectivity index (χ0) is 36.3. The van der Waals surface area contributed by atoms with E-state index in [4.69, 9.17) is 19.5 Å². The molecule has 0 spiro atoms. The van der Waals surface area contributed by atoms with Crippen LogP contribution in [0, 0.1) is 0 Å². The molecule has 11 nitrogen and oxygen atoms in total. The second kappa shape index (κ2) is 15.2. The van der Waals surface area contributed by atoms with Crippen LogP contribution >= 0.6 is 0 Å². The Balaban J connectivity index is 0.896. The quantitative estimate of drug-likeness (QED) is 0.195. The number of amides is 3. The summed E-state index contributed by atoms with van der Waals surface area (Å²) in [6.07, 6.45) is 8.78. The number of carbonyl (C=O) groups excluding carboxylic acids is 3. The highest BCUT2D eigenvalue weighted by Gasteiger charge is 2.39. The Bertz CT molecular complexity index is 2020. The van der Waals surface area contributed by atoms with Crippen molar-refractivity contribution in [1.82, 2.24) is 25.1 Å². The summed E-state index contributed by atoms with van der Waals surface area (Å²) in [7, 11) is 1.30. The van der Waals surface area contributed by atoms with E-state index < -0.39 is 12.1 Å². The van der Waals surface area contributed by atoms with E-state index in [0.717, 1.165) is 90.1 Å². The van der Waals surface area contributed by atoms with Crippen LogP contribution in [0.15, 0.2) is 96.3 Å². The Labute approximate surface area is 309 Å². The highest BCUT2D eigenvalue weighted by molar-refractivity contribution is 6.04. The second-order valence-corrected chi connectivity index (χ2v) is 14.1. The smallest absolute Gasteiger partial charge is 0.407 e. The molecule has 53 heavy (non-hydrogen) atoms. The lowest BCUT2D eigenvalue weighted by atomic mass is 9.96. The Morgan fingerprint density at radius 1 is 0.830 bits per heavy atom. The number of carbonyl (C=O) groups is 3. The SMILES string of the molecule is COC(=O)N[C@@H](C(=O)N1CCCC1C1=NC=C(c2ccc(-c3ccc(-c4cnc([C@@H]5CCCN5C(=O)[C@H]5CCCO5)[nH]4)cc3)cc2)C1)c1ccccc1. The molecule has 3 saturated heterocycles. The molecule has 3 amide bonds. The lowest BCUT2D eigenvalue weighted by molar-refractivity contribution is -0.142. The van der Waals surface area contributed by atoms with Gasteiger partial charge in [0.05, 0.1) is 31.1 Å². The molecule has 0 saturated carbocycles. The molecular formula is C42H44N6O5. The first-order chi connectivity index (χ1) is 26.0. The number of nitrogens with zero attached hydrogens (tertiary/aromatic N) is 4. The first-order valence-electron chi connectivity index (χ1n) is 18.6. The number of hydrogen-bond donors (Lipinski definition) is 2. The Morgan fingerprint density at radius 3 is 2.21 bits per heavy atom. The van der Waals surface area contributed by atoms with Gasteiger partial charge in [-0.15, -0.1) is 0 Å². The minimum atomic E-state index is -0.839. The predicted molar refractivity (Wildman–Crippen MR) is 202 cm³/mol. The fraction of sp³-hybridized carbons (Fsp3) is 0.357. The lowest BCUT2D eigenvalue weighted by Crippen LogP contribution is -2.47. The largest absolute Gasteiger partial charge is 0.453 e. The molecule has 1 aromatic heterocycles. The molecule has 11 heteroatoms. The highest BCUT2D eigenvalue weighted by Crippen LogP contribution is 2.35. The molecule has 0 radical (unpaired) electrons. The average Bonchev–Trinajstić information content (AvgIpc) is 4.06. The highest BCUT2D eigenvalue weighted by atomic mass is 16.5. The van der Waals surface area contributed by atoms with E-state index in [2.05, 4.69) is 58.8 Å². The predicted octanol–water partition coefficient (Wildman–Crippen LogP) is 6.86. The molecule has 3 fully saturated rings. The Hall–Kier alpha value is -5.55. The number of nitrogens with one attached hydrogen (secondary N) is 2. The van der Waals surface area contributed by atoms with Crippen LogP contribution in [0.5, 0.6) is 0 Å². The van der Waals surface area contributed by atoms with E-state index >= 15 is 0 Å². The van der Waals surface area contributed by atoms with Gasteiger partial charge in [-0.3, -0.25) is 14.6 Å². The maximum atomic E-state index is 13.9. The summed E-state index contributed by atoms with van der Waals surface area (Å²) in [6.45, 7) is 2.01. The number of allylic oxidation sites excluding steroid dienone is 1. The number of ether oxygens (including phenoxy) is 2. The number of rotatable bonds is 9. The van der Waals surface area contributed by atoms with Crippen LogP contribution in [0.1, 0.15) is 74.0 Å². The van der Waals surface area contributed by atoms with Crippen LogP contribution in [0.2, 0.25) is 0 Å². The van der Waals surface area contributed by atoms with Crippen LogP contribution < -0.4 is 5.32 Å². The molecule has 1 unspecified atom stereocenters. The number of alkyl carbamates (subject to hydrolysis) is 1. The van der Waals surface area contributed by atoms with E-state index in [1.165, 1.54) is 7.11 Å². The molecule has 4 aliphatic heterocycles. The average molecular weight is 713 g/mol.